The lowest BCUT2D eigenvalue weighted by Gasteiger charge is -2.02. The van der Waals surface area contributed by atoms with Gasteiger partial charge in [-0.25, -0.2) is 4.79 Å². The predicted molar refractivity (Wildman–Crippen MR) is 51.3 cm³/mol. The third-order valence-electron chi connectivity index (χ3n) is 1.55. The van der Waals surface area contributed by atoms with Gasteiger partial charge in [-0.15, -0.1) is 0 Å². The molecule has 0 rings (SSSR count). The Kier molecular flexibility index (Phi) is 5.59. The summed E-state index contributed by atoms with van der Waals surface area (Å²) in [5, 5.41) is 4.49. The van der Waals surface area contributed by atoms with Crippen molar-refractivity contribution in [1.82, 2.24) is 10.6 Å². The summed E-state index contributed by atoms with van der Waals surface area (Å²) in [5.41, 5.74) is 0.574. The molecular weight excluding hydrogens is 168 g/mol. The topological polar surface area (TPSA) is 58.2 Å². The highest BCUT2D eigenvalue weighted by molar-refractivity contribution is 6.03. The number of carbonyl (C=O) groups excluding carboxylic acids is 2. The van der Waals surface area contributed by atoms with Gasteiger partial charge in [-0.3, -0.25) is 10.1 Å². The van der Waals surface area contributed by atoms with E-state index in [4.69, 9.17) is 0 Å². The minimum absolute atomic E-state index is 0.340. The summed E-state index contributed by atoms with van der Waals surface area (Å²) < 4.78 is 0. The van der Waals surface area contributed by atoms with Crippen LogP contribution in [0.2, 0.25) is 0 Å². The fraction of sp³-hybridized carbons (Fsp3) is 0.556. The van der Waals surface area contributed by atoms with Gasteiger partial charge in [0, 0.05) is 12.6 Å². The van der Waals surface area contributed by atoms with Gasteiger partial charge in [0.05, 0.1) is 0 Å². The number of rotatable bonds is 3. The number of hydrogen-bond donors (Lipinski definition) is 2. The van der Waals surface area contributed by atoms with E-state index < -0.39 is 6.03 Å². The summed E-state index contributed by atoms with van der Waals surface area (Å²) in [7, 11) is 1.47. The number of carbonyl (C=O) groups is 2. The first-order valence-corrected chi connectivity index (χ1v) is 4.31. The van der Waals surface area contributed by atoms with Crippen molar-refractivity contribution in [3.63, 3.8) is 0 Å². The average Bonchev–Trinajstić information content (AvgIpc) is 2.13. The van der Waals surface area contributed by atoms with Crippen LogP contribution in [0.25, 0.3) is 0 Å². The second-order valence-corrected chi connectivity index (χ2v) is 2.71. The van der Waals surface area contributed by atoms with Gasteiger partial charge in [0.25, 0.3) is 5.91 Å². The third kappa shape index (κ3) is 5.00. The maximum absolute atomic E-state index is 11.2. The van der Waals surface area contributed by atoms with Crippen LogP contribution in [0.5, 0.6) is 0 Å². The normalized spacial score (nSPS) is 10.8. The lowest BCUT2D eigenvalue weighted by atomic mass is 10.2. The van der Waals surface area contributed by atoms with Crippen LogP contribution in [0.1, 0.15) is 26.7 Å². The fourth-order valence-corrected chi connectivity index (χ4v) is 0.718. The SMILES string of the molecule is CCC/C=C(/C)C(=O)NC(=O)NC. The minimum atomic E-state index is -0.478. The largest absolute Gasteiger partial charge is 0.341 e. The van der Waals surface area contributed by atoms with Crippen molar-refractivity contribution < 1.29 is 9.59 Å². The molecule has 0 atom stereocenters. The number of allylic oxidation sites excluding steroid dienone is 1. The molecule has 3 amide bonds. The first-order chi connectivity index (χ1) is 6.11. The molecule has 0 fully saturated rings. The van der Waals surface area contributed by atoms with E-state index in [0.717, 1.165) is 12.8 Å². The van der Waals surface area contributed by atoms with Gasteiger partial charge in [-0.05, 0) is 13.3 Å². The molecule has 2 N–H and O–H groups in total. The third-order valence-corrected chi connectivity index (χ3v) is 1.55. The molecule has 0 aliphatic rings. The smallest absolute Gasteiger partial charge is 0.321 e. The van der Waals surface area contributed by atoms with Crippen LogP contribution in [-0.2, 0) is 4.79 Å². The van der Waals surface area contributed by atoms with Crippen molar-refractivity contribution in [3.05, 3.63) is 11.6 Å². The van der Waals surface area contributed by atoms with Gasteiger partial charge in [0.15, 0.2) is 0 Å². The van der Waals surface area contributed by atoms with E-state index in [1.807, 2.05) is 13.0 Å². The van der Waals surface area contributed by atoms with E-state index in [9.17, 15) is 9.59 Å². The molecule has 4 heteroatoms. The molecule has 13 heavy (non-hydrogen) atoms. The van der Waals surface area contributed by atoms with Crippen molar-refractivity contribution in [2.24, 2.45) is 0 Å². The van der Waals surface area contributed by atoms with Crippen molar-refractivity contribution in [3.8, 4) is 0 Å². The Hall–Kier alpha value is -1.32. The maximum atomic E-state index is 11.2. The van der Waals surface area contributed by atoms with E-state index in [2.05, 4.69) is 10.6 Å². The number of urea groups is 1. The summed E-state index contributed by atoms with van der Waals surface area (Å²) >= 11 is 0. The van der Waals surface area contributed by atoms with Crippen LogP contribution in [0.4, 0.5) is 4.79 Å². The first-order valence-electron chi connectivity index (χ1n) is 4.31. The molecule has 0 bridgehead atoms. The Bertz CT molecular complexity index is 222. The van der Waals surface area contributed by atoms with E-state index in [0.29, 0.717) is 5.57 Å². The zero-order valence-corrected chi connectivity index (χ0v) is 8.31. The highest BCUT2D eigenvalue weighted by atomic mass is 16.2. The predicted octanol–water partition coefficient (Wildman–Crippen LogP) is 1.19. The molecule has 0 aromatic rings. The Labute approximate surface area is 78.4 Å². The monoisotopic (exact) mass is 184 g/mol. The molecule has 4 nitrogen and oxygen atoms in total. The van der Waals surface area contributed by atoms with Gasteiger partial charge < -0.3 is 5.32 Å². The molecule has 0 radical (unpaired) electrons. The number of amides is 3. The Balaban J connectivity index is 4.03. The second kappa shape index (κ2) is 6.22. The summed E-state index contributed by atoms with van der Waals surface area (Å²) in [4.78, 5) is 21.9. The zero-order chi connectivity index (χ0) is 10.3. The van der Waals surface area contributed by atoms with Crippen molar-refractivity contribution in [2.45, 2.75) is 26.7 Å². The first kappa shape index (κ1) is 11.7. The number of imide groups is 1. The Morgan fingerprint density at radius 1 is 1.38 bits per heavy atom. The van der Waals surface area contributed by atoms with Gasteiger partial charge in [-0.1, -0.05) is 19.4 Å². The molecule has 0 saturated carbocycles. The van der Waals surface area contributed by atoms with E-state index in [-0.39, 0.29) is 5.91 Å². The molecule has 0 aliphatic carbocycles. The minimum Gasteiger partial charge on any atom is -0.341 e. The summed E-state index contributed by atoms with van der Waals surface area (Å²) in [5.74, 6) is -0.340. The summed E-state index contributed by atoms with van der Waals surface area (Å²) in [6.45, 7) is 3.72. The molecule has 0 aliphatic heterocycles. The van der Waals surface area contributed by atoms with Crippen LogP contribution in [-0.4, -0.2) is 19.0 Å². The van der Waals surface area contributed by atoms with Crippen LogP contribution < -0.4 is 10.6 Å². The van der Waals surface area contributed by atoms with Crippen LogP contribution in [0.3, 0.4) is 0 Å². The molecule has 0 heterocycles. The number of nitrogens with one attached hydrogen (secondary N) is 2. The molecular formula is C9H16N2O2. The van der Waals surface area contributed by atoms with Crippen LogP contribution in [0, 0.1) is 0 Å². The molecule has 0 aromatic carbocycles. The van der Waals surface area contributed by atoms with Crippen molar-refractivity contribution in [1.29, 1.82) is 0 Å². The lowest BCUT2D eigenvalue weighted by molar-refractivity contribution is -0.116. The summed E-state index contributed by atoms with van der Waals surface area (Å²) in [6, 6.07) is -0.478. The van der Waals surface area contributed by atoms with E-state index in [1.54, 1.807) is 6.92 Å². The van der Waals surface area contributed by atoms with Crippen molar-refractivity contribution in [2.75, 3.05) is 7.05 Å². The highest BCUT2D eigenvalue weighted by Gasteiger charge is 2.06. The van der Waals surface area contributed by atoms with Gasteiger partial charge >= 0.3 is 6.03 Å². The zero-order valence-electron chi connectivity index (χ0n) is 8.31. The number of unbranched alkanes of at least 4 members (excludes halogenated alkanes) is 1. The highest BCUT2D eigenvalue weighted by Crippen LogP contribution is 1.97. The van der Waals surface area contributed by atoms with Gasteiger partial charge in [0.2, 0.25) is 0 Å². The molecule has 74 valence electrons. The van der Waals surface area contributed by atoms with E-state index in [1.165, 1.54) is 7.05 Å². The van der Waals surface area contributed by atoms with Crippen LogP contribution in [0.15, 0.2) is 11.6 Å². The standard InChI is InChI=1S/C9H16N2O2/c1-4-5-6-7(2)8(12)11-9(13)10-3/h6H,4-5H2,1-3H3,(H2,10,11,12,13)/b7-6-. The Morgan fingerprint density at radius 3 is 2.46 bits per heavy atom. The molecule has 0 aromatic heterocycles. The average molecular weight is 184 g/mol. The Morgan fingerprint density at radius 2 is 2.00 bits per heavy atom. The van der Waals surface area contributed by atoms with Crippen LogP contribution >= 0.6 is 0 Å². The fourth-order valence-electron chi connectivity index (χ4n) is 0.718. The number of hydrogen-bond acceptors (Lipinski definition) is 2. The second-order valence-electron chi connectivity index (χ2n) is 2.71. The summed E-state index contributed by atoms with van der Waals surface area (Å²) in [6.07, 6.45) is 3.66. The van der Waals surface area contributed by atoms with E-state index >= 15 is 0 Å². The molecule has 0 saturated heterocycles. The van der Waals surface area contributed by atoms with Gasteiger partial charge in [-0.2, -0.15) is 0 Å². The quantitative estimate of drug-likeness (QED) is 0.647. The molecule has 0 spiro atoms. The van der Waals surface area contributed by atoms with Crippen molar-refractivity contribution >= 4 is 11.9 Å². The lowest BCUT2D eigenvalue weighted by Crippen LogP contribution is -2.37. The molecule has 0 unspecified atom stereocenters. The maximum Gasteiger partial charge on any atom is 0.321 e. The van der Waals surface area contributed by atoms with Gasteiger partial charge in [0.1, 0.15) is 0 Å².